The van der Waals surface area contributed by atoms with E-state index in [9.17, 15) is 17.6 Å². The molecule has 26 heavy (non-hydrogen) atoms. The van der Waals surface area contributed by atoms with Crippen LogP contribution in [-0.4, -0.2) is 24.2 Å². The predicted octanol–water partition coefficient (Wildman–Crippen LogP) is 3.96. The summed E-state index contributed by atoms with van der Waals surface area (Å²) >= 11 is 5.66. The lowest BCUT2D eigenvalue weighted by molar-refractivity contribution is -0.118. The van der Waals surface area contributed by atoms with E-state index >= 15 is 0 Å². The molecule has 1 amide bonds. The fourth-order valence-corrected chi connectivity index (χ4v) is 3.61. The van der Waals surface area contributed by atoms with Gasteiger partial charge >= 0.3 is 0 Å². The van der Waals surface area contributed by atoms with Crippen LogP contribution in [0.2, 0.25) is 5.02 Å². The quantitative estimate of drug-likeness (QED) is 0.836. The Bertz CT molecular complexity index is 946. The van der Waals surface area contributed by atoms with Gasteiger partial charge in [-0.25, -0.2) is 12.8 Å². The molecule has 1 heterocycles. The fraction of sp³-hybridized carbons (Fsp3) is 0.412. The number of carbonyl (C=O) groups excluding carboxylic acids is 1. The summed E-state index contributed by atoms with van der Waals surface area (Å²) in [6, 6.07) is 4.68. The summed E-state index contributed by atoms with van der Waals surface area (Å²) < 4.78 is 42.7. The first-order valence-corrected chi connectivity index (χ1v) is 9.61. The van der Waals surface area contributed by atoms with Gasteiger partial charge in [0, 0.05) is 16.5 Å². The molecule has 0 radical (unpaired) electrons. The molecular weight excluding hydrogens is 383 g/mol. The van der Waals surface area contributed by atoms with Gasteiger partial charge in [0.1, 0.15) is 15.5 Å². The van der Waals surface area contributed by atoms with E-state index in [-0.39, 0.29) is 16.3 Å². The molecule has 0 bridgehead atoms. The summed E-state index contributed by atoms with van der Waals surface area (Å²) in [5.74, 6) is -1.88. The Morgan fingerprint density at radius 3 is 2.31 bits per heavy atom. The molecule has 0 fully saturated rings. The summed E-state index contributed by atoms with van der Waals surface area (Å²) in [5.41, 5.74) is 0.290. The fourth-order valence-electron chi connectivity index (χ4n) is 2.04. The molecule has 0 atom stereocenters. The van der Waals surface area contributed by atoms with Crippen LogP contribution in [0.4, 0.5) is 10.3 Å². The van der Waals surface area contributed by atoms with Crippen molar-refractivity contribution >= 4 is 33.2 Å². The van der Waals surface area contributed by atoms with Gasteiger partial charge in [0.05, 0.1) is 5.69 Å². The van der Waals surface area contributed by atoms with E-state index in [1.54, 1.807) is 0 Å². The number of sulfone groups is 1. The molecule has 0 unspecified atom stereocenters. The summed E-state index contributed by atoms with van der Waals surface area (Å²) in [4.78, 5) is 12.0. The number of hydrogen-bond donors (Lipinski definition) is 1. The standard InChI is InChI=1S/C17H20ClFN2O4S/c1-16(2,3)13-9-14(25-21-13)20-15(22)17(4,5)26(23,24)12-7-6-10(18)8-11(12)19/h6-9H,1-5H3,(H,20,22). The third-order valence-electron chi connectivity index (χ3n) is 3.92. The van der Waals surface area contributed by atoms with Gasteiger partial charge in [0.15, 0.2) is 9.84 Å². The first kappa shape index (κ1) is 20.4. The highest BCUT2D eigenvalue weighted by molar-refractivity contribution is 7.93. The van der Waals surface area contributed by atoms with Crippen molar-refractivity contribution in [1.82, 2.24) is 5.16 Å². The second-order valence-corrected chi connectivity index (χ2v) is 10.3. The highest BCUT2D eigenvalue weighted by atomic mass is 35.5. The minimum absolute atomic E-state index is 0.0137. The average molecular weight is 403 g/mol. The van der Waals surface area contributed by atoms with E-state index in [4.69, 9.17) is 16.1 Å². The Labute approximate surface area is 156 Å². The number of carbonyl (C=O) groups is 1. The number of benzene rings is 1. The van der Waals surface area contributed by atoms with Gasteiger partial charge in [-0.1, -0.05) is 37.5 Å². The van der Waals surface area contributed by atoms with Gasteiger partial charge in [0.2, 0.25) is 11.8 Å². The number of rotatable bonds is 4. The Morgan fingerprint density at radius 1 is 1.19 bits per heavy atom. The van der Waals surface area contributed by atoms with Crippen LogP contribution in [0.1, 0.15) is 40.3 Å². The lowest BCUT2D eigenvalue weighted by Crippen LogP contribution is -2.44. The molecule has 1 N–H and O–H groups in total. The smallest absolute Gasteiger partial charge is 0.248 e. The van der Waals surface area contributed by atoms with Crippen molar-refractivity contribution in [2.45, 2.75) is 49.7 Å². The first-order chi connectivity index (χ1) is 11.8. The number of aromatic nitrogens is 1. The molecule has 142 valence electrons. The zero-order chi connectivity index (χ0) is 19.9. The Kier molecular flexibility index (Phi) is 5.22. The van der Waals surface area contributed by atoms with Gasteiger partial charge < -0.3 is 4.52 Å². The number of nitrogens with zero attached hydrogens (tertiary/aromatic N) is 1. The summed E-state index contributed by atoms with van der Waals surface area (Å²) in [6.45, 7) is 8.11. The lowest BCUT2D eigenvalue weighted by Gasteiger charge is -2.23. The van der Waals surface area contributed by atoms with Crippen LogP contribution in [0.15, 0.2) is 33.7 Å². The highest BCUT2D eigenvalue weighted by Gasteiger charge is 2.44. The molecule has 0 aliphatic rings. The summed E-state index contributed by atoms with van der Waals surface area (Å²) in [6.07, 6.45) is 0. The minimum atomic E-state index is -4.33. The van der Waals surface area contributed by atoms with Crippen molar-refractivity contribution in [2.24, 2.45) is 0 Å². The zero-order valence-electron chi connectivity index (χ0n) is 15.1. The van der Waals surface area contributed by atoms with Crippen LogP contribution in [0.3, 0.4) is 0 Å². The van der Waals surface area contributed by atoms with Crippen LogP contribution in [0.25, 0.3) is 0 Å². The third-order valence-corrected chi connectivity index (χ3v) is 6.59. The minimum Gasteiger partial charge on any atom is -0.338 e. The normalized spacial score (nSPS) is 12.9. The maximum absolute atomic E-state index is 14.1. The van der Waals surface area contributed by atoms with Crippen LogP contribution in [0.5, 0.6) is 0 Å². The zero-order valence-corrected chi connectivity index (χ0v) is 16.6. The molecule has 0 spiro atoms. The van der Waals surface area contributed by atoms with Gasteiger partial charge in [0.25, 0.3) is 0 Å². The molecular formula is C17H20ClFN2O4S. The molecule has 6 nitrogen and oxygen atoms in total. The summed E-state index contributed by atoms with van der Waals surface area (Å²) in [5, 5.41) is 6.29. The monoisotopic (exact) mass is 402 g/mol. The van der Waals surface area contributed by atoms with Crippen molar-refractivity contribution in [3.63, 3.8) is 0 Å². The number of halogens is 2. The topological polar surface area (TPSA) is 89.3 Å². The van der Waals surface area contributed by atoms with Crippen molar-refractivity contribution in [3.8, 4) is 0 Å². The van der Waals surface area contributed by atoms with Crippen LogP contribution >= 0.6 is 11.6 Å². The molecule has 1 aromatic heterocycles. The molecule has 0 aliphatic carbocycles. The maximum atomic E-state index is 14.1. The van der Waals surface area contributed by atoms with Crippen LogP contribution < -0.4 is 5.32 Å². The molecule has 0 saturated heterocycles. The van der Waals surface area contributed by atoms with E-state index in [1.807, 2.05) is 20.8 Å². The second-order valence-electron chi connectivity index (χ2n) is 7.37. The molecule has 1 aromatic carbocycles. The number of anilines is 1. The van der Waals surface area contributed by atoms with Crippen LogP contribution in [-0.2, 0) is 20.0 Å². The number of amides is 1. The van der Waals surface area contributed by atoms with E-state index in [2.05, 4.69) is 10.5 Å². The molecule has 2 aromatic rings. The third kappa shape index (κ3) is 3.76. The van der Waals surface area contributed by atoms with E-state index in [1.165, 1.54) is 26.0 Å². The van der Waals surface area contributed by atoms with Gasteiger partial charge in [-0.15, -0.1) is 0 Å². The van der Waals surface area contributed by atoms with Crippen molar-refractivity contribution in [1.29, 1.82) is 0 Å². The largest absolute Gasteiger partial charge is 0.338 e. The molecule has 0 saturated carbocycles. The second kappa shape index (κ2) is 6.66. The predicted molar refractivity (Wildman–Crippen MR) is 96.5 cm³/mol. The Balaban J connectivity index is 2.33. The van der Waals surface area contributed by atoms with Crippen molar-refractivity contribution in [3.05, 3.63) is 40.8 Å². The average Bonchev–Trinajstić information content (AvgIpc) is 2.95. The van der Waals surface area contributed by atoms with Crippen molar-refractivity contribution < 1.29 is 22.1 Å². The molecule has 0 aliphatic heterocycles. The van der Waals surface area contributed by atoms with Crippen molar-refractivity contribution in [2.75, 3.05) is 5.32 Å². The van der Waals surface area contributed by atoms with E-state index in [0.29, 0.717) is 5.69 Å². The number of nitrogens with one attached hydrogen (secondary N) is 1. The first-order valence-electron chi connectivity index (χ1n) is 7.75. The van der Waals surface area contributed by atoms with Gasteiger partial charge in [-0.05, 0) is 32.0 Å². The molecule has 2 rings (SSSR count). The van der Waals surface area contributed by atoms with E-state index in [0.717, 1.165) is 12.1 Å². The van der Waals surface area contributed by atoms with Crippen LogP contribution in [0, 0.1) is 5.82 Å². The maximum Gasteiger partial charge on any atom is 0.248 e. The number of hydrogen-bond acceptors (Lipinski definition) is 5. The summed E-state index contributed by atoms with van der Waals surface area (Å²) in [7, 11) is -4.33. The SMILES string of the molecule is CC(C)(C)c1cc(NC(=O)C(C)(C)S(=O)(=O)c2ccc(Cl)cc2F)on1. The Hall–Kier alpha value is -1.93. The van der Waals surface area contributed by atoms with Gasteiger partial charge in [-0.3, -0.25) is 10.1 Å². The van der Waals surface area contributed by atoms with Gasteiger partial charge in [-0.2, -0.15) is 0 Å². The van der Waals surface area contributed by atoms with E-state index < -0.39 is 31.2 Å². The Morgan fingerprint density at radius 2 is 1.81 bits per heavy atom. The molecule has 9 heteroatoms. The lowest BCUT2D eigenvalue weighted by atomic mass is 9.92. The highest BCUT2D eigenvalue weighted by Crippen LogP contribution is 2.31.